The zero-order valence-corrected chi connectivity index (χ0v) is 15.5. The van der Waals surface area contributed by atoms with Crippen LogP contribution >= 0.6 is 0 Å². The van der Waals surface area contributed by atoms with Gasteiger partial charge in [-0.15, -0.1) is 0 Å². The molecule has 2 heterocycles. The third-order valence-electron chi connectivity index (χ3n) is 4.88. The van der Waals surface area contributed by atoms with Crippen LogP contribution in [0.25, 0.3) is 27.7 Å². The van der Waals surface area contributed by atoms with Gasteiger partial charge in [0.05, 0.1) is 0 Å². The first kappa shape index (κ1) is 17.1. The number of H-pyrrole nitrogens is 1. The Hall–Kier alpha value is -3.33. The van der Waals surface area contributed by atoms with Crippen molar-refractivity contribution in [2.45, 2.75) is 13.3 Å². The van der Waals surface area contributed by atoms with Crippen molar-refractivity contribution in [3.05, 3.63) is 96.5 Å². The lowest BCUT2D eigenvalue weighted by Gasteiger charge is -2.11. The maximum atomic E-state index is 4.22. The Morgan fingerprint density at radius 3 is 2.74 bits per heavy atom. The van der Waals surface area contributed by atoms with Gasteiger partial charge in [0.15, 0.2) is 0 Å². The summed E-state index contributed by atoms with van der Waals surface area (Å²) in [4.78, 5) is 7.44. The Morgan fingerprint density at radius 2 is 1.89 bits per heavy atom. The van der Waals surface area contributed by atoms with Gasteiger partial charge in [0.1, 0.15) is 0 Å². The molecule has 0 bridgehead atoms. The minimum absolute atomic E-state index is 0.846. The quantitative estimate of drug-likeness (QED) is 0.491. The van der Waals surface area contributed by atoms with Crippen molar-refractivity contribution in [3.63, 3.8) is 0 Å². The highest BCUT2D eigenvalue weighted by atomic mass is 14.9. The second-order valence-electron chi connectivity index (χ2n) is 6.83. The molecule has 0 aliphatic rings. The summed E-state index contributed by atoms with van der Waals surface area (Å²) < 4.78 is 0. The summed E-state index contributed by atoms with van der Waals surface area (Å²) in [6, 6.07) is 19.0. The lowest BCUT2D eigenvalue weighted by atomic mass is 10.0. The molecular formula is C24H23N3. The van der Waals surface area contributed by atoms with E-state index in [4.69, 9.17) is 0 Å². The smallest absolute Gasteiger partial charge is 0.0456 e. The Kier molecular flexibility index (Phi) is 4.75. The molecule has 2 N–H and O–H groups in total. The molecule has 0 saturated carbocycles. The van der Waals surface area contributed by atoms with Gasteiger partial charge in [-0.2, -0.15) is 0 Å². The molecule has 4 aromatic rings. The van der Waals surface area contributed by atoms with E-state index in [2.05, 4.69) is 77.4 Å². The molecule has 2 aromatic heterocycles. The molecule has 0 fully saturated rings. The number of fused-ring (bicyclic) bond motifs is 1. The molecule has 4 rings (SSSR count). The summed E-state index contributed by atoms with van der Waals surface area (Å²) >= 11 is 0. The minimum atomic E-state index is 0.846. The largest absolute Gasteiger partial charge is 0.385 e. The number of aromatic nitrogens is 2. The zero-order valence-electron chi connectivity index (χ0n) is 15.5. The molecule has 3 heteroatoms. The minimum Gasteiger partial charge on any atom is -0.385 e. The van der Waals surface area contributed by atoms with Crippen molar-refractivity contribution in [3.8, 4) is 11.1 Å². The van der Waals surface area contributed by atoms with Gasteiger partial charge in [0.2, 0.25) is 0 Å². The topological polar surface area (TPSA) is 40.7 Å². The zero-order chi connectivity index (χ0) is 18.6. The van der Waals surface area contributed by atoms with E-state index in [9.17, 15) is 0 Å². The second-order valence-corrected chi connectivity index (χ2v) is 6.83. The average Bonchev–Trinajstić information content (AvgIpc) is 3.11. The summed E-state index contributed by atoms with van der Waals surface area (Å²) in [5.41, 5.74) is 8.20. The number of aromatic amines is 1. The van der Waals surface area contributed by atoms with Crippen molar-refractivity contribution in [1.29, 1.82) is 0 Å². The van der Waals surface area contributed by atoms with Crippen LogP contribution in [-0.2, 0) is 6.42 Å². The van der Waals surface area contributed by atoms with Gasteiger partial charge < -0.3 is 10.3 Å². The van der Waals surface area contributed by atoms with Crippen LogP contribution in [0.2, 0.25) is 0 Å². The molecule has 0 radical (unpaired) electrons. The van der Waals surface area contributed by atoms with E-state index in [-0.39, 0.29) is 0 Å². The Balaban J connectivity index is 1.43. The van der Waals surface area contributed by atoms with Crippen molar-refractivity contribution in [2.75, 3.05) is 6.54 Å². The maximum Gasteiger partial charge on any atom is 0.0456 e. The monoisotopic (exact) mass is 353 g/mol. The average molecular weight is 353 g/mol. The fourth-order valence-corrected chi connectivity index (χ4v) is 3.38. The molecule has 0 aliphatic heterocycles. The molecule has 0 spiro atoms. The normalized spacial score (nSPS) is 10.9. The lowest BCUT2D eigenvalue weighted by molar-refractivity contribution is 0.853. The van der Waals surface area contributed by atoms with Crippen LogP contribution in [-0.4, -0.2) is 16.5 Å². The van der Waals surface area contributed by atoms with E-state index in [1.165, 1.54) is 27.6 Å². The third kappa shape index (κ3) is 3.77. The highest BCUT2D eigenvalue weighted by molar-refractivity contribution is 5.84. The standard InChI is InChI=1S/C24H23N3/c1-17-6-7-24-23(14-17)22(16-27-24)10-13-26-18(2)20-4-3-5-21(15-20)19-8-11-25-12-9-19/h3-9,11-12,14-16,26-27H,2,10,13H2,1H3. The molecule has 0 atom stereocenters. The molecule has 0 aliphatic carbocycles. The molecule has 27 heavy (non-hydrogen) atoms. The number of hydrogen-bond acceptors (Lipinski definition) is 2. The number of nitrogens with one attached hydrogen (secondary N) is 2. The number of benzene rings is 2. The van der Waals surface area contributed by atoms with Crippen LogP contribution in [0.4, 0.5) is 0 Å². The van der Waals surface area contributed by atoms with Crippen molar-refractivity contribution in [1.82, 2.24) is 15.3 Å². The van der Waals surface area contributed by atoms with E-state index in [1.54, 1.807) is 0 Å². The van der Waals surface area contributed by atoms with E-state index in [1.807, 2.05) is 24.5 Å². The number of pyridine rings is 1. The van der Waals surface area contributed by atoms with Gasteiger partial charge >= 0.3 is 0 Å². The first-order valence-electron chi connectivity index (χ1n) is 9.21. The van der Waals surface area contributed by atoms with E-state index >= 15 is 0 Å². The molecule has 0 unspecified atom stereocenters. The van der Waals surface area contributed by atoms with E-state index in [0.29, 0.717) is 0 Å². The Labute approximate surface area is 159 Å². The molecule has 3 nitrogen and oxygen atoms in total. The molecule has 0 amide bonds. The predicted octanol–water partition coefficient (Wildman–Crippen LogP) is 5.34. The highest BCUT2D eigenvalue weighted by Crippen LogP contribution is 2.23. The highest BCUT2D eigenvalue weighted by Gasteiger charge is 2.05. The summed E-state index contributed by atoms with van der Waals surface area (Å²) in [5, 5.41) is 4.78. The first-order chi connectivity index (χ1) is 13.2. The summed E-state index contributed by atoms with van der Waals surface area (Å²) in [6.45, 7) is 7.20. The lowest BCUT2D eigenvalue weighted by Crippen LogP contribution is -2.15. The van der Waals surface area contributed by atoms with Crippen LogP contribution in [0.3, 0.4) is 0 Å². The number of hydrogen-bond donors (Lipinski definition) is 2. The van der Waals surface area contributed by atoms with Crippen molar-refractivity contribution >= 4 is 16.6 Å². The SMILES string of the molecule is C=C(NCCc1c[nH]c2ccc(C)cc12)c1cccc(-c2ccncc2)c1. The van der Waals surface area contributed by atoms with Gasteiger partial charge in [-0.3, -0.25) is 4.98 Å². The molecule has 2 aromatic carbocycles. The molecular weight excluding hydrogens is 330 g/mol. The van der Waals surface area contributed by atoms with Crippen LogP contribution in [0.1, 0.15) is 16.7 Å². The summed E-state index contributed by atoms with van der Waals surface area (Å²) in [5.74, 6) is 0. The maximum absolute atomic E-state index is 4.22. The summed E-state index contributed by atoms with van der Waals surface area (Å²) in [6.07, 6.45) is 6.70. The van der Waals surface area contributed by atoms with Crippen LogP contribution in [0.15, 0.2) is 79.8 Å². The number of nitrogens with zero attached hydrogens (tertiary/aromatic N) is 1. The second kappa shape index (κ2) is 7.50. The number of rotatable bonds is 6. The van der Waals surface area contributed by atoms with Crippen molar-refractivity contribution in [2.24, 2.45) is 0 Å². The fraction of sp³-hybridized carbons (Fsp3) is 0.125. The molecule has 134 valence electrons. The van der Waals surface area contributed by atoms with E-state index < -0.39 is 0 Å². The fourth-order valence-electron chi connectivity index (χ4n) is 3.38. The van der Waals surface area contributed by atoms with Crippen LogP contribution < -0.4 is 5.32 Å². The van der Waals surface area contributed by atoms with Gasteiger partial charge in [0, 0.05) is 41.7 Å². The predicted molar refractivity (Wildman–Crippen MR) is 113 cm³/mol. The summed E-state index contributed by atoms with van der Waals surface area (Å²) in [7, 11) is 0. The van der Waals surface area contributed by atoms with Gasteiger partial charge in [-0.25, -0.2) is 0 Å². The van der Waals surface area contributed by atoms with Gasteiger partial charge in [0.25, 0.3) is 0 Å². The van der Waals surface area contributed by atoms with Crippen molar-refractivity contribution < 1.29 is 0 Å². The van der Waals surface area contributed by atoms with Crippen LogP contribution in [0, 0.1) is 6.92 Å². The molecule has 0 saturated heterocycles. The number of aryl methyl sites for hydroxylation is 1. The Morgan fingerprint density at radius 1 is 1.04 bits per heavy atom. The van der Waals surface area contributed by atoms with Gasteiger partial charge in [-0.05, 0) is 65.9 Å². The van der Waals surface area contributed by atoms with E-state index in [0.717, 1.165) is 29.8 Å². The van der Waals surface area contributed by atoms with Gasteiger partial charge in [-0.1, -0.05) is 36.4 Å². The third-order valence-corrected chi connectivity index (χ3v) is 4.88. The Bertz CT molecular complexity index is 1080. The van der Waals surface area contributed by atoms with Crippen LogP contribution in [0.5, 0.6) is 0 Å². The first-order valence-corrected chi connectivity index (χ1v) is 9.21.